The molecule has 0 aliphatic heterocycles. The molecular weight excluding hydrogens is 368 g/mol. The van der Waals surface area contributed by atoms with E-state index in [1.807, 2.05) is 19.1 Å². The number of hydrogen-bond donors (Lipinski definition) is 3. The van der Waals surface area contributed by atoms with Crippen LogP contribution in [0.15, 0.2) is 36.5 Å². The first-order chi connectivity index (χ1) is 14.0. The summed E-state index contributed by atoms with van der Waals surface area (Å²) in [5.41, 5.74) is 10.4. The molecule has 0 saturated heterocycles. The maximum atomic E-state index is 12.1. The van der Waals surface area contributed by atoms with Crippen LogP contribution in [-0.4, -0.2) is 31.7 Å². The number of carbonyl (C=O) groups excluding carboxylic acids is 1. The number of anilines is 2. The Kier molecular flexibility index (Phi) is 6.19. The number of primary amides is 1. The number of amides is 1. The van der Waals surface area contributed by atoms with Crippen LogP contribution >= 0.6 is 0 Å². The van der Waals surface area contributed by atoms with Crippen LogP contribution in [0.3, 0.4) is 0 Å². The Hall–Kier alpha value is -3.32. The standard InChI is InChI=1S/C22H26N4O3/c1-5-24-11-14-7-6-8-17(13(14)2)26-21-15-9-19(28-3)20(29-4)10-18(15)25-12-16(21)22(23)27/h6-10,12,24H,5,11H2,1-4H3,(H2,23,27)(H,25,26). The highest BCUT2D eigenvalue weighted by Crippen LogP contribution is 2.37. The average Bonchev–Trinajstić information content (AvgIpc) is 2.73. The van der Waals surface area contributed by atoms with E-state index < -0.39 is 5.91 Å². The molecule has 0 fully saturated rings. The van der Waals surface area contributed by atoms with Gasteiger partial charge in [-0.2, -0.15) is 0 Å². The van der Waals surface area contributed by atoms with E-state index in [1.165, 1.54) is 11.8 Å². The molecule has 1 amide bonds. The molecule has 1 aromatic heterocycles. The zero-order chi connectivity index (χ0) is 21.0. The summed E-state index contributed by atoms with van der Waals surface area (Å²) in [5.74, 6) is 0.552. The number of benzene rings is 2. The third-order valence-electron chi connectivity index (χ3n) is 4.91. The predicted octanol–water partition coefficient (Wildman–Crippen LogP) is 3.51. The molecular formula is C22H26N4O3. The molecule has 0 unspecified atom stereocenters. The Morgan fingerprint density at radius 1 is 1.17 bits per heavy atom. The van der Waals surface area contributed by atoms with Crippen molar-refractivity contribution in [3.63, 3.8) is 0 Å². The van der Waals surface area contributed by atoms with Crippen LogP contribution in [-0.2, 0) is 6.54 Å². The minimum absolute atomic E-state index is 0.307. The maximum Gasteiger partial charge on any atom is 0.252 e. The van der Waals surface area contributed by atoms with Crippen molar-refractivity contribution in [1.29, 1.82) is 0 Å². The summed E-state index contributed by atoms with van der Waals surface area (Å²) in [7, 11) is 3.14. The van der Waals surface area contributed by atoms with Gasteiger partial charge < -0.3 is 25.8 Å². The number of pyridine rings is 1. The Balaban J connectivity index is 2.17. The van der Waals surface area contributed by atoms with Crippen molar-refractivity contribution < 1.29 is 14.3 Å². The Bertz CT molecular complexity index is 1050. The molecule has 1 heterocycles. The van der Waals surface area contributed by atoms with Crippen LogP contribution in [0.2, 0.25) is 0 Å². The van der Waals surface area contributed by atoms with Crippen LogP contribution in [0.5, 0.6) is 11.5 Å². The van der Waals surface area contributed by atoms with Gasteiger partial charge in [0, 0.05) is 29.9 Å². The van der Waals surface area contributed by atoms with Gasteiger partial charge in [-0.1, -0.05) is 19.1 Å². The number of rotatable bonds is 8. The molecule has 29 heavy (non-hydrogen) atoms. The van der Waals surface area contributed by atoms with Crippen LogP contribution in [0.1, 0.15) is 28.4 Å². The molecule has 0 aliphatic carbocycles. The van der Waals surface area contributed by atoms with Gasteiger partial charge in [-0.25, -0.2) is 0 Å². The number of methoxy groups -OCH3 is 2. The zero-order valence-electron chi connectivity index (χ0n) is 17.1. The Morgan fingerprint density at radius 2 is 1.90 bits per heavy atom. The Labute approximate surface area is 170 Å². The smallest absolute Gasteiger partial charge is 0.252 e. The third kappa shape index (κ3) is 4.09. The number of nitrogens with zero attached hydrogens (tertiary/aromatic N) is 1. The van der Waals surface area contributed by atoms with E-state index in [1.54, 1.807) is 26.4 Å². The highest BCUT2D eigenvalue weighted by atomic mass is 16.5. The highest BCUT2D eigenvalue weighted by Gasteiger charge is 2.17. The lowest BCUT2D eigenvalue weighted by atomic mass is 10.0. The molecule has 0 radical (unpaired) electrons. The summed E-state index contributed by atoms with van der Waals surface area (Å²) in [6.45, 7) is 5.77. The van der Waals surface area contributed by atoms with Gasteiger partial charge in [-0.3, -0.25) is 9.78 Å². The van der Waals surface area contributed by atoms with Gasteiger partial charge >= 0.3 is 0 Å². The third-order valence-corrected chi connectivity index (χ3v) is 4.91. The van der Waals surface area contributed by atoms with E-state index in [0.29, 0.717) is 28.3 Å². The van der Waals surface area contributed by atoms with Gasteiger partial charge in [0.2, 0.25) is 0 Å². The molecule has 0 aliphatic rings. The van der Waals surface area contributed by atoms with Crippen molar-refractivity contribution in [2.24, 2.45) is 5.73 Å². The maximum absolute atomic E-state index is 12.1. The minimum atomic E-state index is -0.557. The average molecular weight is 394 g/mol. The molecule has 2 aromatic carbocycles. The van der Waals surface area contributed by atoms with E-state index in [4.69, 9.17) is 15.2 Å². The topological polar surface area (TPSA) is 98.5 Å². The van der Waals surface area contributed by atoms with E-state index >= 15 is 0 Å². The summed E-state index contributed by atoms with van der Waals surface area (Å²) in [5, 5.41) is 7.46. The molecule has 7 nitrogen and oxygen atoms in total. The fourth-order valence-electron chi connectivity index (χ4n) is 3.25. The molecule has 3 rings (SSSR count). The monoisotopic (exact) mass is 394 g/mol. The first kappa shape index (κ1) is 20.4. The van der Waals surface area contributed by atoms with Crippen LogP contribution in [0.25, 0.3) is 10.9 Å². The SMILES string of the molecule is CCNCc1cccc(Nc2c(C(N)=O)cnc3cc(OC)c(OC)cc23)c1C. The molecule has 0 bridgehead atoms. The second-order valence-corrected chi connectivity index (χ2v) is 6.63. The second-order valence-electron chi connectivity index (χ2n) is 6.63. The fraction of sp³-hybridized carbons (Fsp3) is 0.273. The molecule has 7 heteroatoms. The lowest BCUT2D eigenvalue weighted by molar-refractivity contribution is 0.100. The molecule has 3 aromatic rings. The largest absolute Gasteiger partial charge is 0.493 e. The van der Waals surface area contributed by atoms with Crippen LogP contribution < -0.4 is 25.8 Å². The van der Waals surface area contributed by atoms with Gasteiger partial charge in [0.15, 0.2) is 11.5 Å². The summed E-state index contributed by atoms with van der Waals surface area (Å²) in [6.07, 6.45) is 1.48. The van der Waals surface area contributed by atoms with Crippen LogP contribution in [0, 0.1) is 6.92 Å². The van der Waals surface area contributed by atoms with Crippen molar-refractivity contribution in [3.05, 3.63) is 53.2 Å². The number of hydrogen-bond acceptors (Lipinski definition) is 6. The van der Waals surface area contributed by atoms with Crippen LogP contribution in [0.4, 0.5) is 11.4 Å². The quantitative estimate of drug-likeness (QED) is 0.541. The molecule has 152 valence electrons. The lowest BCUT2D eigenvalue weighted by Crippen LogP contribution is -2.15. The van der Waals surface area contributed by atoms with Crippen molar-refractivity contribution in [2.75, 3.05) is 26.1 Å². The van der Waals surface area contributed by atoms with E-state index in [2.05, 4.69) is 28.6 Å². The number of aromatic nitrogens is 1. The number of ether oxygens (including phenoxy) is 2. The zero-order valence-corrected chi connectivity index (χ0v) is 17.1. The second kappa shape index (κ2) is 8.79. The normalized spacial score (nSPS) is 10.8. The summed E-state index contributed by atoms with van der Waals surface area (Å²) >= 11 is 0. The number of nitrogens with two attached hydrogens (primary N) is 1. The fourth-order valence-corrected chi connectivity index (χ4v) is 3.25. The number of carbonyl (C=O) groups is 1. The van der Waals surface area contributed by atoms with Gasteiger partial charge in [0.25, 0.3) is 5.91 Å². The van der Waals surface area contributed by atoms with Gasteiger partial charge in [-0.15, -0.1) is 0 Å². The van der Waals surface area contributed by atoms with Crippen molar-refractivity contribution >= 4 is 28.2 Å². The highest BCUT2D eigenvalue weighted by molar-refractivity contribution is 6.08. The summed E-state index contributed by atoms with van der Waals surface area (Å²) < 4.78 is 10.8. The number of nitrogens with one attached hydrogen (secondary N) is 2. The van der Waals surface area contributed by atoms with Gasteiger partial charge in [0.05, 0.1) is 31.0 Å². The van der Waals surface area contributed by atoms with Gasteiger partial charge in [0.1, 0.15) is 0 Å². The number of fused-ring (bicyclic) bond motifs is 1. The summed E-state index contributed by atoms with van der Waals surface area (Å²) in [4.78, 5) is 16.5. The summed E-state index contributed by atoms with van der Waals surface area (Å²) in [6, 6.07) is 9.62. The predicted molar refractivity (Wildman–Crippen MR) is 115 cm³/mol. The van der Waals surface area contributed by atoms with E-state index in [0.717, 1.165) is 29.7 Å². The lowest BCUT2D eigenvalue weighted by Gasteiger charge is -2.18. The van der Waals surface area contributed by atoms with Crippen molar-refractivity contribution in [3.8, 4) is 11.5 Å². The molecule has 0 spiro atoms. The van der Waals surface area contributed by atoms with Crippen molar-refractivity contribution in [2.45, 2.75) is 20.4 Å². The van der Waals surface area contributed by atoms with Crippen molar-refractivity contribution in [1.82, 2.24) is 10.3 Å². The van der Waals surface area contributed by atoms with E-state index in [-0.39, 0.29) is 0 Å². The Morgan fingerprint density at radius 3 is 2.55 bits per heavy atom. The molecule has 0 atom stereocenters. The molecule has 4 N–H and O–H groups in total. The molecule has 0 saturated carbocycles. The first-order valence-corrected chi connectivity index (χ1v) is 9.40. The van der Waals surface area contributed by atoms with E-state index in [9.17, 15) is 4.79 Å². The van der Waals surface area contributed by atoms with Gasteiger partial charge in [-0.05, 0) is 36.7 Å². The first-order valence-electron chi connectivity index (χ1n) is 9.40. The minimum Gasteiger partial charge on any atom is -0.493 e.